The molecule has 26 heavy (non-hydrogen) atoms. The van der Waals surface area contributed by atoms with Crippen molar-refractivity contribution in [2.75, 3.05) is 13.7 Å². The summed E-state index contributed by atoms with van der Waals surface area (Å²) in [6.45, 7) is 3.36. The molecule has 2 aromatic carbocycles. The molecule has 0 aliphatic carbocycles. The number of ether oxygens (including phenoxy) is 1. The largest absolute Gasteiger partial charge is 0.496 e. The zero-order valence-electron chi connectivity index (χ0n) is 15.2. The number of carbonyl (C=O) groups is 2. The zero-order valence-corrected chi connectivity index (χ0v) is 15.2. The number of likely N-dealkylation sites (tertiary alicyclic amines) is 1. The van der Waals surface area contributed by atoms with Gasteiger partial charge in [0.2, 0.25) is 5.91 Å². The third kappa shape index (κ3) is 4.04. The van der Waals surface area contributed by atoms with Crippen LogP contribution in [0.1, 0.15) is 47.3 Å². The van der Waals surface area contributed by atoms with Crippen molar-refractivity contribution in [1.82, 2.24) is 10.2 Å². The molecule has 1 unspecified atom stereocenters. The number of benzene rings is 2. The Morgan fingerprint density at radius 3 is 2.58 bits per heavy atom. The molecule has 0 aromatic heterocycles. The highest BCUT2D eigenvalue weighted by Crippen LogP contribution is 2.24. The van der Waals surface area contributed by atoms with E-state index >= 15 is 0 Å². The van der Waals surface area contributed by atoms with Crippen LogP contribution in [-0.4, -0.2) is 30.4 Å². The first kappa shape index (κ1) is 18.0. The fourth-order valence-electron chi connectivity index (χ4n) is 3.23. The second-order valence-corrected chi connectivity index (χ2v) is 6.55. The second kappa shape index (κ2) is 8.04. The molecule has 0 radical (unpaired) electrons. The van der Waals surface area contributed by atoms with Crippen molar-refractivity contribution >= 4 is 11.8 Å². The molecule has 5 heteroatoms. The van der Waals surface area contributed by atoms with Gasteiger partial charge in [0, 0.05) is 30.6 Å². The summed E-state index contributed by atoms with van der Waals surface area (Å²) in [5, 5.41) is 3.00. The number of hydrogen-bond acceptors (Lipinski definition) is 3. The van der Waals surface area contributed by atoms with Crippen LogP contribution in [0.3, 0.4) is 0 Å². The van der Waals surface area contributed by atoms with Crippen LogP contribution in [0.5, 0.6) is 5.75 Å². The van der Waals surface area contributed by atoms with Gasteiger partial charge in [-0.2, -0.15) is 0 Å². The Bertz CT molecular complexity index is 786. The van der Waals surface area contributed by atoms with Gasteiger partial charge in [-0.15, -0.1) is 0 Å². The Morgan fingerprint density at radius 1 is 1.19 bits per heavy atom. The van der Waals surface area contributed by atoms with Crippen molar-refractivity contribution in [1.29, 1.82) is 0 Å². The molecule has 1 heterocycles. The minimum Gasteiger partial charge on any atom is -0.496 e. The molecule has 1 aliphatic heterocycles. The first-order valence-corrected chi connectivity index (χ1v) is 8.89. The molecule has 1 aliphatic rings. The van der Waals surface area contributed by atoms with E-state index in [2.05, 4.69) is 5.32 Å². The molecule has 1 saturated heterocycles. The molecule has 136 valence electrons. The highest BCUT2D eigenvalue weighted by atomic mass is 16.5. The van der Waals surface area contributed by atoms with Gasteiger partial charge in [-0.25, -0.2) is 0 Å². The molecule has 1 N–H and O–H groups in total. The van der Waals surface area contributed by atoms with Crippen LogP contribution in [0.15, 0.2) is 48.5 Å². The Kier molecular flexibility index (Phi) is 5.56. The van der Waals surface area contributed by atoms with E-state index in [0.717, 1.165) is 29.8 Å². The minimum atomic E-state index is -0.166. The summed E-state index contributed by atoms with van der Waals surface area (Å²) in [7, 11) is 1.62. The number of carbonyl (C=O) groups excluding carboxylic acids is 2. The Labute approximate surface area is 154 Å². The summed E-state index contributed by atoms with van der Waals surface area (Å²) in [6.07, 6.45) is 1.57. The van der Waals surface area contributed by atoms with E-state index in [1.54, 1.807) is 19.2 Å². The number of nitrogens with one attached hydrogen (secondary N) is 1. The van der Waals surface area contributed by atoms with Gasteiger partial charge in [-0.05, 0) is 37.1 Å². The highest BCUT2D eigenvalue weighted by Gasteiger charge is 2.20. The first-order valence-electron chi connectivity index (χ1n) is 8.89. The van der Waals surface area contributed by atoms with Crippen LogP contribution < -0.4 is 10.1 Å². The lowest BCUT2D eigenvalue weighted by atomic mass is 10.1. The molecule has 3 rings (SSSR count). The van der Waals surface area contributed by atoms with Crippen LogP contribution in [0.25, 0.3) is 0 Å². The summed E-state index contributed by atoms with van der Waals surface area (Å²) >= 11 is 0. The van der Waals surface area contributed by atoms with Crippen LogP contribution in [0, 0.1) is 0 Å². The van der Waals surface area contributed by atoms with Crippen molar-refractivity contribution in [2.45, 2.75) is 32.4 Å². The number of amides is 2. The lowest BCUT2D eigenvalue weighted by molar-refractivity contribution is -0.128. The van der Waals surface area contributed by atoms with Crippen molar-refractivity contribution in [2.24, 2.45) is 0 Å². The number of hydrogen-bond donors (Lipinski definition) is 1. The number of para-hydroxylation sites is 1. The second-order valence-electron chi connectivity index (χ2n) is 6.55. The molecule has 2 amide bonds. The van der Waals surface area contributed by atoms with Crippen molar-refractivity contribution in [3.63, 3.8) is 0 Å². The van der Waals surface area contributed by atoms with Gasteiger partial charge < -0.3 is 15.0 Å². The molecular formula is C21H24N2O3. The highest BCUT2D eigenvalue weighted by molar-refractivity contribution is 5.94. The average molecular weight is 352 g/mol. The van der Waals surface area contributed by atoms with Gasteiger partial charge in [-0.3, -0.25) is 9.59 Å². The predicted octanol–water partition coefficient (Wildman–Crippen LogP) is 3.31. The molecule has 0 saturated carbocycles. The molecular weight excluding hydrogens is 328 g/mol. The summed E-state index contributed by atoms with van der Waals surface area (Å²) in [4.78, 5) is 26.1. The number of rotatable bonds is 6. The normalized spacial score (nSPS) is 15.0. The van der Waals surface area contributed by atoms with Gasteiger partial charge in [0.25, 0.3) is 5.91 Å². The van der Waals surface area contributed by atoms with E-state index in [4.69, 9.17) is 4.74 Å². The van der Waals surface area contributed by atoms with Crippen molar-refractivity contribution in [3.8, 4) is 5.75 Å². The van der Waals surface area contributed by atoms with Gasteiger partial charge in [0.1, 0.15) is 5.75 Å². The van der Waals surface area contributed by atoms with Gasteiger partial charge in [0.15, 0.2) is 0 Å². The van der Waals surface area contributed by atoms with E-state index in [1.165, 1.54) is 0 Å². The van der Waals surface area contributed by atoms with E-state index < -0.39 is 0 Å². The van der Waals surface area contributed by atoms with E-state index in [-0.39, 0.29) is 17.9 Å². The summed E-state index contributed by atoms with van der Waals surface area (Å²) in [6, 6.07) is 14.9. The molecule has 0 bridgehead atoms. The molecule has 0 spiro atoms. The van der Waals surface area contributed by atoms with Crippen molar-refractivity contribution < 1.29 is 14.3 Å². The Morgan fingerprint density at radius 2 is 1.92 bits per heavy atom. The first-order chi connectivity index (χ1) is 12.6. The van der Waals surface area contributed by atoms with E-state index in [0.29, 0.717) is 18.5 Å². The lowest BCUT2D eigenvalue weighted by Crippen LogP contribution is -2.27. The maximum Gasteiger partial charge on any atom is 0.251 e. The SMILES string of the molecule is COc1ccccc1C(C)NC(=O)c1ccc(CN2CCCC2=O)cc1. The third-order valence-electron chi connectivity index (χ3n) is 4.71. The quantitative estimate of drug-likeness (QED) is 0.868. The van der Waals surface area contributed by atoms with Gasteiger partial charge >= 0.3 is 0 Å². The number of nitrogens with zero attached hydrogens (tertiary/aromatic N) is 1. The Balaban J connectivity index is 1.63. The molecule has 2 aromatic rings. The fourth-order valence-corrected chi connectivity index (χ4v) is 3.23. The van der Waals surface area contributed by atoms with Gasteiger partial charge in [-0.1, -0.05) is 30.3 Å². The minimum absolute atomic E-state index is 0.132. The summed E-state index contributed by atoms with van der Waals surface area (Å²) in [5.41, 5.74) is 2.57. The zero-order chi connectivity index (χ0) is 18.5. The molecule has 5 nitrogen and oxygen atoms in total. The average Bonchev–Trinajstić information content (AvgIpc) is 3.06. The number of methoxy groups -OCH3 is 1. The summed E-state index contributed by atoms with van der Waals surface area (Å²) < 4.78 is 5.36. The fraction of sp³-hybridized carbons (Fsp3) is 0.333. The Hall–Kier alpha value is -2.82. The molecule has 1 fully saturated rings. The monoisotopic (exact) mass is 352 g/mol. The third-order valence-corrected chi connectivity index (χ3v) is 4.71. The van der Waals surface area contributed by atoms with Crippen LogP contribution >= 0.6 is 0 Å². The van der Waals surface area contributed by atoms with Crippen LogP contribution in [-0.2, 0) is 11.3 Å². The topological polar surface area (TPSA) is 58.6 Å². The molecule has 1 atom stereocenters. The van der Waals surface area contributed by atoms with E-state index in [1.807, 2.05) is 48.2 Å². The summed E-state index contributed by atoms with van der Waals surface area (Å²) in [5.74, 6) is 0.829. The standard InChI is InChI=1S/C21H24N2O3/c1-15(18-6-3-4-7-19(18)26-2)22-21(25)17-11-9-16(10-12-17)14-23-13-5-8-20(23)24/h3-4,6-7,9-12,15H,5,8,13-14H2,1-2H3,(H,22,25). The maximum absolute atomic E-state index is 12.5. The smallest absolute Gasteiger partial charge is 0.251 e. The van der Waals surface area contributed by atoms with Crippen molar-refractivity contribution in [3.05, 3.63) is 65.2 Å². The predicted molar refractivity (Wildman–Crippen MR) is 100.0 cm³/mol. The van der Waals surface area contributed by atoms with E-state index in [9.17, 15) is 9.59 Å². The maximum atomic E-state index is 12.5. The van der Waals surface area contributed by atoms with Gasteiger partial charge in [0.05, 0.1) is 13.2 Å². The lowest BCUT2D eigenvalue weighted by Gasteiger charge is -2.18. The van der Waals surface area contributed by atoms with Crippen LogP contribution in [0.4, 0.5) is 0 Å². The van der Waals surface area contributed by atoms with Crippen LogP contribution in [0.2, 0.25) is 0 Å².